The molecule has 0 radical (unpaired) electrons. The van der Waals surface area contributed by atoms with E-state index in [0.29, 0.717) is 0 Å². The zero-order chi connectivity index (χ0) is 30.3. The van der Waals surface area contributed by atoms with E-state index in [1.165, 1.54) is 65.1 Å². The molecule has 0 spiro atoms. The van der Waals surface area contributed by atoms with Gasteiger partial charge in [0.05, 0.1) is 5.69 Å². The monoisotopic (exact) mass is 550 g/mol. The summed E-state index contributed by atoms with van der Waals surface area (Å²) in [6, 6.07) is 26.0. The Labute approximate surface area is 251 Å². The second-order valence-corrected chi connectivity index (χ2v) is 11.3. The first-order chi connectivity index (χ1) is 19.8. The molecule has 1 aliphatic rings. The molecule has 0 atom stereocenters. The van der Waals surface area contributed by atoms with Crippen LogP contribution >= 0.6 is 0 Å². The number of hydrogen-bond acceptors (Lipinski definition) is 0. The van der Waals surface area contributed by atoms with Crippen LogP contribution in [0.5, 0.6) is 0 Å². The zero-order valence-electron chi connectivity index (χ0n) is 27.2. The Morgan fingerprint density at radius 3 is 2.05 bits per heavy atom. The molecule has 0 saturated carbocycles. The molecule has 0 saturated heterocycles. The fourth-order valence-corrected chi connectivity index (χ4v) is 4.71. The van der Waals surface area contributed by atoms with E-state index in [-0.39, 0.29) is 5.41 Å². The first kappa shape index (κ1) is 33.7. The summed E-state index contributed by atoms with van der Waals surface area (Å²) in [5.41, 5.74) is 10.7. The van der Waals surface area contributed by atoms with Crippen molar-refractivity contribution in [2.24, 2.45) is 0 Å². The Bertz CT molecular complexity index is 1340. The SMILES string of the molecule is C1=C(c2ccccc2)CCCC1.CC.CC=CC.CCc1ccc(-c2ccccc2-n2cc(C(C)(C)C)cc2C)[nH]1. The van der Waals surface area contributed by atoms with Gasteiger partial charge in [0.1, 0.15) is 0 Å². The van der Waals surface area contributed by atoms with Crippen LogP contribution in [0.15, 0.2) is 97.2 Å². The highest BCUT2D eigenvalue weighted by molar-refractivity contribution is 5.71. The summed E-state index contributed by atoms with van der Waals surface area (Å²) in [6.45, 7) is 19.1. The van der Waals surface area contributed by atoms with Gasteiger partial charge in [-0.2, -0.15) is 0 Å². The molecule has 5 rings (SSSR count). The predicted molar refractivity (Wildman–Crippen MR) is 183 cm³/mol. The molecular weight excluding hydrogens is 496 g/mol. The van der Waals surface area contributed by atoms with Crippen molar-refractivity contribution < 1.29 is 0 Å². The molecule has 2 aromatic heterocycles. The Morgan fingerprint density at radius 1 is 0.854 bits per heavy atom. The number of nitrogens with one attached hydrogen (secondary N) is 1. The standard InChI is InChI=1S/C21H26N2.C12H14.C4H8.C2H6/c1-6-17-11-12-19(22-17)18-9-7-8-10-20(18)23-14-16(13-15(23)2)21(3,4)5;1-3-7-11(8-4-1)12-9-5-2-6-10-12;1-3-4-2;1-2/h7-14,22H,6H2,1-5H3;1,3-4,7-9H,2,5-6,10H2;3-4H,1-2H3;1-2H3. The summed E-state index contributed by atoms with van der Waals surface area (Å²) in [5, 5.41) is 0. The molecule has 2 aromatic carbocycles. The minimum Gasteiger partial charge on any atom is -0.358 e. The van der Waals surface area contributed by atoms with Crippen molar-refractivity contribution in [1.29, 1.82) is 0 Å². The maximum atomic E-state index is 3.53. The molecule has 2 heteroatoms. The van der Waals surface area contributed by atoms with Gasteiger partial charge in [0.2, 0.25) is 0 Å². The lowest BCUT2D eigenvalue weighted by Gasteiger charge is -2.16. The van der Waals surface area contributed by atoms with Crippen LogP contribution in [0.25, 0.3) is 22.5 Å². The van der Waals surface area contributed by atoms with E-state index >= 15 is 0 Å². The van der Waals surface area contributed by atoms with Crippen molar-refractivity contribution in [3.63, 3.8) is 0 Å². The van der Waals surface area contributed by atoms with Gasteiger partial charge in [-0.25, -0.2) is 0 Å². The van der Waals surface area contributed by atoms with Gasteiger partial charge in [0, 0.05) is 28.8 Å². The normalized spacial score (nSPS) is 12.8. The first-order valence-electron chi connectivity index (χ1n) is 15.6. The van der Waals surface area contributed by atoms with Crippen molar-refractivity contribution in [3.05, 3.63) is 120 Å². The van der Waals surface area contributed by atoms with Gasteiger partial charge in [-0.15, -0.1) is 0 Å². The number of aryl methyl sites for hydroxylation is 2. The molecule has 0 bridgehead atoms. The molecule has 0 fully saturated rings. The first-order valence-corrected chi connectivity index (χ1v) is 15.6. The van der Waals surface area contributed by atoms with E-state index in [1.54, 1.807) is 5.57 Å². The third-order valence-electron chi connectivity index (χ3n) is 7.23. The van der Waals surface area contributed by atoms with Gasteiger partial charge in [-0.3, -0.25) is 0 Å². The van der Waals surface area contributed by atoms with Crippen molar-refractivity contribution in [2.45, 2.75) is 99.8 Å². The predicted octanol–water partition coefficient (Wildman–Crippen LogP) is 11.9. The third kappa shape index (κ3) is 10.1. The largest absolute Gasteiger partial charge is 0.358 e. The summed E-state index contributed by atoms with van der Waals surface area (Å²) < 4.78 is 2.31. The maximum Gasteiger partial charge on any atom is 0.0545 e. The molecule has 2 heterocycles. The number of nitrogens with zero attached hydrogens (tertiary/aromatic N) is 1. The lowest BCUT2D eigenvalue weighted by Crippen LogP contribution is -2.09. The number of allylic oxidation sites excluding steroid dienone is 4. The number of benzene rings is 2. The molecule has 41 heavy (non-hydrogen) atoms. The average Bonchev–Trinajstić information content (AvgIpc) is 3.66. The van der Waals surface area contributed by atoms with Crippen LogP contribution in [0.1, 0.15) is 104 Å². The quantitative estimate of drug-likeness (QED) is 0.244. The summed E-state index contributed by atoms with van der Waals surface area (Å²) in [6.07, 6.45) is 15.0. The van der Waals surface area contributed by atoms with Crippen LogP contribution in [0, 0.1) is 6.92 Å². The van der Waals surface area contributed by atoms with Crippen molar-refractivity contribution in [3.8, 4) is 16.9 Å². The molecule has 0 unspecified atom stereocenters. The second-order valence-electron chi connectivity index (χ2n) is 11.3. The number of aromatic nitrogens is 2. The van der Waals surface area contributed by atoms with Crippen LogP contribution in [0.2, 0.25) is 0 Å². The van der Waals surface area contributed by atoms with Gasteiger partial charge in [0.15, 0.2) is 0 Å². The number of H-pyrrole nitrogens is 1. The topological polar surface area (TPSA) is 20.7 Å². The minimum absolute atomic E-state index is 0.159. The lowest BCUT2D eigenvalue weighted by atomic mass is 9.89. The molecule has 1 N–H and O–H groups in total. The Morgan fingerprint density at radius 2 is 1.51 bits per heavy atom. The Balaban J connectivity index is 0.000000272. The molecular formula is C39H54N2. The van der Waals surface area contributed by atoms with Crippen LogP contribution in [-0.2, 0) is 11.8 Å². The van der Waals surface area contributed by atoms with Gasteiger partial charge < -0.3 is 9.55 Å². The number of para-hydroxylation sites is 1. The summed E-state index contributed by atoms with van der Waals surface area (Å²) in [7, 11) is 0. The molecule has 4 aromatic rings. The van der Waals surface area contributed by atoms with Crippen molar-refractivity contribution >= 4 is 5.57 Å². The van der Waals surface area contributed by atoms with Crippen LogP contribution in [0.4, 0.5) is 0 Å². The van der Waals surface area contributed by atoms with E-state index < -0.39 is 0 Å². The van der Waals surface area contributed by atoms with E-state index in [4.69, 9.17) is 0 Å². The van der Waals surface area contributed by atoms with Crippen molar-refractivity contribution in [1.82, 2.24) is 9.55 Å². The zero-order valence-corrected chi connectivity index (χ0v) is 27.2. The third-order valence-corrected chi connectivity index (χ3v) is 7.23. The molecule has 0 aliphatic heterocycles. The number of hydrogen-bond donors (Lipinski definition) is 1. The van der Waals surface area contributed by atoms with Gasteiger partial charge in [-0.05, 0) is 99.3 Å². The second kappa shape index (κ2) is 17.3. The highest BCUT2D eigenvalue weighted by Gasteiger charge is 2.18. The van der Waals surface area contributed by atoms with Crippen LogP contribution in [-0.4, -0.2) is 9.55 Å². The highest BCUT2D eigenvalue weighted by Crippen LogP contribution is 2.31. The average molecular weight is 551 g/mol. The fraction of sp³-hybridized carbons (Fsp3) is 0.385. The van der Waals surface area contributed by atoms with Gasteiger partial charge >= 0.3 is 0 Å². The Kier molecular flexibility index (Phi) is 14.2. The van der Waals surface area contributed by atoms with E-state index in [9.17, 15) is 0 Å². The van der Waals surface area contributed by atoms with Crippen LogP contribution in [0.3, 0.4) is 0 Å². The van der Waals surface area contributed by atoms with Crippen molar-refractivity contribution in [2.75, 3.05) is 0 Å². The summed E-state index contributed by atoms with van der Waals surface area (Å²) in [5.74, 6) is 0. The number of aromatic amines is 1. The van der Waals surface area contributed by atoms with E-state index in [0.717, 1.165) is 6.42 Å². The fourth-order valence-electron chi connectivity index (χ4n) is 4.71. The lowest BCUT2D eigenvalue weighted by molar-refractivity contribution is 0.590. The van der Waals surface area contributed by atoms with E-state index in [2.05, 4.69) is 129 Å². The molecule has 2 nitrogen and oxygen atoms in total. The highest BCUT2D eigenvalue weighted by atomic mass is 15.0. The van der Waals surface area contributed by atoms with Crippen LogP contribution < -0.4 is 0 Å². The van der Waals surface area contributed by atoms with Gasteiger partial charge in [0.25, 0.3) is 0 Å². The molecule has 1 aliphatic carbocycles. The number of rotatable bonds is 4. The molecule has 220 valence electrons. The van der Waals surface area contributed by atoms with E-state index in [1.807, 2.05) is 39.8 Å². The summed E-state index contributed by atoms with van der Waals surface area (Å²) >= 11 is 0. The summed E-state index contributed by atoms with van der Waals surface area (Å²) in [4.78, 5) is 3.53. The maximum absolute atomic E-state index is 3.53. The smallest absolute Gasteiger partial charge is 0.0545 e. The molecule has 0 amide bonds. The Hall–Kier alpha value is -3.52. The minimum atomic E-state index is 0.159. The van der Waals surface area contributed by atoms with Gasteiger partial charge in [-0.1, -0.05) is 108 Å².